The fraction of sp³-hybridized carbons (Fsp3) is 0.923. The van der Waals surface area contributed by atoms with Gasteiger partial charge < -0.3 is 10.4 Å². The molecule has 0 aliphatic heterocycles. The van der Waals surface area contributed by atoms with E-state index in [9.17, 15) is 9.90 Å². The Labute approximate surface area is 98.6 Å². The molecule has 0 atom stereocenters. The molecule has 3 nitrogen and oxygen atoms in total. The van der Waals surface area contributed by atoms with Gasteiger partial charge in [0.25, 0.3) is 5.91 Å². The standard InChI is InChI=1S/C13H25NO2/c1-4-5-10-6-8-11(9-7-10)14-12(15)13(2,3)16/h10-11,16H,4-9H2,1-3H3,(H,14,15). The Hall–Kier alpha value is -0.570. The SMILES string of the molecule is CCCC1CCC(NC(=O)C(C)(C)O)CC1. The van der Waals surface area contributed by atoms with Gasteiger partial charge in [-0.3, -0.25) is 4.79 Å². The van der Waals surface area contributed by atoms with Gasteiger partial charge in [0.05, 0.1) is 0 Å². The molecule has 1 fully saturated rings. The number of carbonyl (C=O) groups is 1. The van der Waals surface area contributed by atoms with E-state index >= 15 is 0 Å². The minimum absolute atomic E-state index is 0.244. The van der Waals surface area contributed by atoms with Gasteiger partial charge in [-0.15, -0.1) is 0 Å². The third-order valence-corrected chi connectivity index (χ3v) is 3.43. The molecule has 0 unspecified atom stereocenters. The average Bonchev–Trinajstić information content (AvgIpc) is 2.20. The van der Waals surface area contributed by atoms with E-state index in [4.69, 9.17) is 0 Å². The van der Waals surface area contributed by atoms with Crippen LogP contribution in [0.3, 0.4) is 0 Å². The Kier molecular flexibility index (Phi) is 4.78. The molecule has 0 bridgehead atoms. The molecule has 1 aliphatic carbocycles. The summed E-state index contributed by atoms with van der Waals surface area (Å²) >= 11 is 0. The lowest BCUT2D eigenvalue weighted by molar-refractivity contribution is -0.137. The summed E-state index contributed by atoms with van der Waals surface area (Å²) in [4.78, 5) is 11.6. The van der Waals surface area contributed by atoms with Gasteiger partial charge in [-0.05, 0) is 45.4 Å². The molecule has 1 rings (SSSR count). The summed E-state index contributed by atoms with van der Waals surface area (Å²) in [5.41, 5.74) is -1.25. The highest BCUT2D eigenvalue weighted by atomic mass is 16.3. The molecule has 94 valence electrons. The van der Waals surface area contributed by atoms with Gasteiger partial charge in [-0.2, -0.15) is 0 Å². The largest absolute Gasteiger partial charge is 0.381 e. The predicted octanol–water partition coefficient (Wildman–Crippen LogP) is 2.23. The zero-order valence-corrected chi connectivity index (χ0v) is 10.8. The number of amides is 1. The molecule has 0 spiro atoms. The highest BCUT2D eigenvalue weighted by Gasteiger charge is 2.28. The fourth-order valence-electron chi connectivity index (χ4n) is 2.37. The van der Waals surface area contributed by atoms with E-state index in [1.54, 1.807) is 0 Å². The molecule has 0 aromatic carbocycles. The second-order valence-electron chi connectivity index (χ2n) is 5.54. The predicted molar refractivity (Wildman–Crippen MR) is 65.1 cm³/mol. The van der Waals surface area contributed by atoms with Crippen LogP contribution < -0.4 is 5.32 Å². The van der Waals surface area contributed by atoms with Crippen LogP contribution in [0.5, 0.6) is 0 Å². The zero-order chi connectivity index (χ0) is 12.2. The van der Waals surface area contributed by atoms with Crippen LogP contribution in [0, 0.1) is 5.92 Å². The van der Waals surface area contributed by atoms with Crippen molar-refractivity contribution < 1.29 is 9.90 Å². The lowest BCUT2D eigenvalue weighted by atomic mass is 9.83. The van der Waals surface area contributed by atoms with E-state index in [1.165, 1.54) is 39.5 Å². The normalized spacial score (nSPS) is 26.5. The first kappa shape index (κ1) is 13.5. The molecule has 1 amide bonds. The van der Waals surface area contributed by atoms with Gasteiger partial charge in [0.2, 0.25) is 0 Å². The van der Waals surface area contributed by atoms with E-state index in [1.807, 2.05) is 0 Å². The molecule has 0 saturated heterocycles. The fourth-order valence-corrected chi connectivity index (χ4v) is 2.37. The van der Waals surface area contributed by atoms with Crippen molar-refractivity contribution in [2.75, 3.05) is 0 Å². The van der Waals surface area contributed by atoms with Crippen molar-refractivity contribution in [3.63, 3.8) is 0 Å². The highest BCUT2D eigenvalue weighted by molar-refractivity contribution is 5.84. The van der Waals surface area contributed by atoms with Crippen LogP contribution in [-0.2, 0) is 4.79 Å². The van der Waals surface area contributed by atoms with Crippen LogP contribution in [0.15, 0.2) is 0 Å². The van der Waals surface area contributed by atoms with Crippen LogP contribution >= 0.6 is 0 Å². The number of carbonyl (C=O) groups excluding carboxylic acids is 1. The summed E-state index contributed by atoms with van der Waals surface area (Å²) in [7, 11) is 0. The average molecular weight is 227 g/mol. The van der Waals surface area contributed by atoms with E-state index in [0.717, 1.165) is 18.8 Å². The molecule has 1 saturated carbocycles. The molecular formula is C13H25NO2. The topological polar surface area (TPSA) is 49.3 Å². The summed E-state index contributed by atoms with van der Waals surface area (Å²) in [6.45, 7) is 5.29. The Morgan fingerprint density at radius 2 is 1.88 bits per heavy atom. The number of nitrogens with one attached hydrogen (secondary N) is 1. The van der Waals surface area contributed by atoms with E-state index in [2.05, 4.69) is 12.2 Å². The Bertz CT molecular complexity index is 225. The summed E-state index contributed by atoms with van der Waals surface area (Å²) in [6, 6.07) is 0.270. The number of aliphatic hydroxyl groups is 1. The Balaban J connectivity index is 2.30. The van der Waals surface area contributed by atoms with Crippen molar-refractivity contribution in [2.45, 2.75) is 70.9 Å². The van der Waals surface area contributed by atoms with Crippen LogP contribution in [0.2, 0.25) is 0 Å². The Morgan fingerprint density at radius 1 is 1.31 bits per heavy atom. The van der Waals surface area contributed by atoms with Crippen molar-refractivity contribution >= 4 is 5.91 Å². The van der Waals surface area contributed by atoms with Gasteiger partial charge in [-0.25, -0.2) is 0 Å². The van der Waals surface area contributed by atoms with Crippen molar-refractivity contribution in [3.8, 4) is 0 Å². The minimum Gasteiger partial charge on any atom is -0.381 e. The van der Waals surface area contributed by atoms with E-state index in [0.29, 0.717) is 0 Å². The maximum Gasteiger partial charge on any atom is 0.251 e. The van der Waals surface area contributed by atoms with E-state index < -0.39 is 5.60 Å². The number of hydrogen-bond acceptors (Lipinski definition) is 2. The first-order valence-corrected chi connectivity index (χ1v) is 6.46. The van der Waals surface area contributed by atoms with Gasteiger partial charge in [0, 0.05) is 6.04 Å². The molecule has 0 aromatic heterocycles. The third kappa shape index (κ3) is 4.12. The maximum absolute atomic E-state index is 11.6. The quantitative estimate of drug-likeness (QED) is 0.773. The Morgan fingerprint density at radius 3 is 2.31 bits per heavy atom. The van der Waals surface area contributed by atoms with Gasteiger partial charge in [-0.1, -0.05) is 19.8 Å². The molecule has 1 aliphatic rings. The molecule has 3 heteroatoms. The molecule has 0 aromatic rings. The second-order valence-corrected chi connectivity index (χ2v) is 5.54. The summed E-state index contributed by atoms with van der Waals surface area (Å²) in [5, 5.41) is 12.5. The summed E-state index contributed by atoms with van der Waals surface area (Å²) in [6.07, 6.45) is 7.12. The summed E-state index contributed by atoms with van der Waals surface area (Å²) in [5.74, 6) is 0.603. The minimum atomic E-state index is -1.25. The first-order valence-electron chi connectivity index (χ1n) is 6.46. The van der Waals surface area contributed by atoms with Gasteiger partial charge in [0.1, 0.15) is 5.60 Å². The second kappa shape index (κ2) is 5.67. The molecule has 2 N–H and O–H groups in total. The smallest absolute Gasteiger partial charge is 0.251 e. The zero-order valence-electron chi connectivity index (χ0n) is 10.8. The van der Waals surface area contributed by atoms with E-state index in [-0.39, 0.29) is 11.9 Å². The third-order valence-electron chi connectivity index (χ3n) is 3.43. The van der Waals surface area contributed by atoms with Crippen molar-refractivity contribution in [3.05, 3.63) is 0 Å². The highest BCUT2D eigenvalue weighted by Crippen LogP contribution is 2.27. The van der Waals surface area contributed by atoms with Crippen LogP contribution in [0.25, 0.3) is 0 Å². The van der Waals surface area contributed by atoms with Crippen molar-refractivity contribution in [2.24, 2.45) is 5.92 Å². The lowest BCUT2D eigenvalue weighted by Gasteiger charge is -2.30. The molecule has 16 heavy (non-hydrogen) atoms. The summed E-state index contributed by atoms with van der Waals surface area (Å²) < 4.78 is 0. The van der Waals surface area contributed by atoms with Gasteiger partial charge in [0.15, 0.2) is 0 Å². The maximum atomic E-state index is 11.6. The number of hydrogen-bond donors (Lipinski definition) is 2. The van der Waals surface area contributed by atoms with Crippen LogP contribution in [-0.4, -0.2) is 22.7 Å². The van der Waals surface area contributed by atoms with Gasteiger partial charge >= 0.3 is 0 Å². The monoisotopic (exact) mass is 227 g/mol. The number of rotatable bonds is 4. The van der Waals surface area contributed by atoms with Crippen LogP contribution in [0.1, 0.15) is 59.3 Å². The lowest BCUT2D eigenvalue weighted by Crippen LogP contribution is -2.47. The molecule has 0 heterocycles. The van der Waals surface area contributed by atoms with Crippen LogP contribution in [0.4, 0.5) is 0 Å². The molecular weight excluding hydrogens is 202 g/mol. The van der Waals surface area contributed by atoms with Crippen molar-refractivity contribution in [1.29, 1.82) is 0 Å². The first-order chi connectivity index (χ1) is 7.43. The van der Waals surface area contributed by atoms with Crippen molar-refractivity contribution in [1.82, 2.24) is 5.32 Å². The molecule has 0 radical (unpaired) electrons.